The number of allylic oxidation sites excluding steroid dienone is 1. The number of carbonyl (C=O) groups is 1. The Morgan fingerprint density at radius 2 is 2.45 bits per heavy atom. The van der Waals surface area contributed by atoms with Crippen LogP contribution in [0.25, 0.3) is 0 Å². The molecule has 0 unspecified atom stereocenters. The number of carbonyl (C=O) groups excluding carboxylic acids is 1. The van der Waals surface area contributed by atoms with Crippen LogP contribution in [0.1, 0.15) is 12.5 Å². The summed E-state index contributed by atoms with van der Waals surface area (Å²) in [5.74, 6) is 0.0615. The lowest BCUT2D eigenvalue weighted by Crippen LogP contribution is -2.01. The van der Waals surface area contributed by atoms with Crippen LogP contribution in [0.3, 0.4) is 0 Å². The number of rotatable bonds is 3. The van der Waals surface area contributed by atoms with Crippen LogP contribution in [-0.2, 0) is 11.2 Å². The molecule has 0 aliphatic carbocycles. The van der Waals surface area contributed by atoms with Crippen molar-refractivity contribution in [3.8, 4) is 0 Å². The van der Waals surface area contributed by atoms with Gasteiger partial charge in [-0.2, -0.15) is 0 Å². The lowest BCUT2D eigenvalue weighted by atomic mass is 10.1. The molecule has 0 aromatic carbocycles. The van der Waals surface area contributed by atoms with E-state index in [1.165, 1.54) is 0 Å². The number of hydrogen-bond donors (Lipinski definition) is 0. The van der Waals surface area contributed by atoms with Crippen LogP contribution in [0.5, 0.6) is 0 Å². The highest BCUT2D eigenvalue weighted by atomic mass is 16.3. The highest BCUT2D eigenvalue weighted by Gasteiger charge is 2.03. The van der Waals surface area contributed by atoms with Gasteiger partial charge < -0.3 is 4.42 Å². The molecule has 0 saturated heterocycles. The topological polar surface area (TPSA) is 30.2 Å². The molecule has 2 nitrogen and oxygen atoms in total. The first-order valence-electron chi connectivity index (χ1n) is 3.40. The summed E-state index contributed by atoms with van der Waals surface area (Å²) in [6, 6.07) is 1.78. The fourth-order valence-electron chi connectivity index (χ4n) is 0.730. The Kier molecular flexibility index (Phi) is 2.26. The molecule has 0 radical (unpaired) electrons. The van der Waals surface area contributed by atoms with Crippen LogP contribution < -0.4 is 0 Å². The van der Waals surface area contributed by atoms with Gasteiger partial charge in [-0.1, -0.05) is 6.58 Å². The molecule has 0 spiro atoms. The van der Waals surface area contributed by atoms with Gasteiger partial charge in [0.1, 0.15) is 0 Å². The van der Waals surface area contributed by atoms with Gasteiger partial charge in [-0.3, -0.25) is 4.79 Å². The Hall–Kier alpha value is -1.31. The SMILES string of the molecule is C=C(C)C(=O)Cc1ccoc1. The van der Waals surface area contributed by atoms with Gasteiger partial charge in [0.25, 0.3) is 0 Å². The number of Topliss-reactive ketones (excluding diaryl/α,β-unsaturated/α-hetero) is 1. The van der Waals surface area contributed by atoms with E-state index >= 15 is 0 Å². The number of hydrogen-bond acceptors (Lipinski definition) is 2. The molecule has 0 bridgehead atoms. The summed E-state index contributed by atoms with van der Waals surface area (Å²) < 4.78 is 4.81. The van der Waals surface area contributed by atoms with Crippen molar-refractivity contribution in [3.05, 3.63) is 36.3 Å². The fraction of sp³-hybridized carbons (Fsp3) is 0.222. The van der Waals surface area contributed by atoms with Crippen molar-refractivity contribution < 1.29 is 9.21 Å². The maximum absolute atomic E-state index is 11.1. The fourth-order valence-corrected chi connectivity index (χ4v) is 0.730. The summed E-state index contributed by atoms with van der Waals surface area (Å²) in [6.07, 6.45) is 3.52. The van der Waals surface area contributed by atoms with Gasteiger partial charge in [-0.05, 0) is 24.1 Å². The second kappa shape index (κ2) is 3.19. The highest BCUT2D eigenvalue weighted by molar-refractivity contribution is 5.95. The van der Waals surface area contributed by atoms with Crippen LogP contribution in [0.15, 0.2) is 35.2 Å². The first-order valence-corrected chi connectivity index (χ1v) is 3.40. The maximum atomic E-state index is 11.1. The predicted molar refractivity (Wildman–Crippen MR) is 42.2 cm³/mol. The minimum absolute atomic E-state index is 0.0615. The Balaban J connectivity index is 2.57. The van der Waals surface area contributed by atoms with Gasteiger partial charge in [0.2, 0.25) is 0 Å². The molecule has 0 fully saturated rings. The van der Waals surface area contributed by atoms with Gasteiger partial charge in [-0.25, -0.2) is 0 Å². The molecule has 2 heteroatoms. The van der Waals surface area contributed by atoms with Crippen LogP contribution in [0.4, 0.5) is 0 Å². The Morgan fingerprint density at radius 3 is 2.91 bits per heavy atom. The van der Waals surface area contributed by atoms with E-state index in [9.17, 15) is 4.79 Å². The molecule has 0 aliphatic rings. The van der Waals surface area contributed by atoms with E-state index in [1.807, 2.05) is 0 Å². The van der Waals surface area contributed by atoms with Gasteiger partial charge in [-0.15, -0.1) is 0 Å². The van der Waals surface area contributed by atoms with E-state index in [0.717, 1.165) is 5.56 Å². The summed E-state index contributed by atoms with van der Waals surface area (Å²) in [6.45, 7) is 5.27. The normalized spacial score (nSPS) is 9.55. The van der Waals surface area contributed by atoms with Crippen LogP contribution in [0.2, 0.25) is 0 Å². The van der Waals surface area contributed by atoms with Crippen LogP contribution in [-0.4, -0.2) is 5.78 Å². The molecular formula is C9H10O2. The minimum atomic E-state index is 0.0615. The summed E-state index contributed by atoms with van der Waals surface area (Å²) in [5.41, 5.74) is 1.49. The first kappa shape index (κ1) is 7.79. The molecule has 1 rings (SSSR count). The Labute approximate surface area is 65.5 Å². The second-order valence-corrected chi connectivity index (χ2v) is 2.51. The number of ketones is 1. The number of furan rings is 1. The van der Waals surface area contributed by atoms with Crippen molar-refractivity contribution in [2.24, 2.45) is 0 Å². The van der Waals surface area contributed by atoms with Crippen molar-refractivity contribution in [3.63, 3.8) is 0 Å². The third kappa shape index (κ3) is 2.08. The quantitative estimate of drug-likeness (QED) is 0.616. The van der Waals surface area contributed by atoms with E-state index in [0.29, 0.717) is 12.0 Å². The van der Waals surface area contributed by atoms with Crippen molar-refractivity contribution >= 4 is 5.78 Å². The monoisotopic (exact) mass is 150 g/mol. The Bertz CT molecular complexity index is 257. The largest absolute Gasteiger partial charge is 0.472 e. The summed E-state index contributed by atoms with van der Waals surface area (Å²) >= 11 is 0. The van der Waals surface area contributed by atoms with Crippen molar-refractivity contribution in [2.75, 3.05) is 0 Å². The third-order valence-corrected chi connectivity index (χ3v) is 1.42. The van der Waals surface area contributed by atoms with Gasteiger partial charge in [0.05, 0.1) is 12.5 Å². The molecule has 0 atom stereocenters. The van der Waals surface area contributed by atoms with E-state index in [1.54, 1.807) is 25.5 Å². The van der Waals surface area contributed by atoms with E-state index in [-0.39, 0.29) is 5.78 Å². The molecule has 11 heavy (non-hydrogen) atoms. The standard InChI is InChI=1S/C9H10O2/c1-7(2)9(10)5-8-3-4-11-6-8/h3-4,6H,1,5H2,2H3. The van der Waals surface area contributed by atoms with Crippen molar-refractivity contribution in [1.29, 1.82) is 0 Å². The summed E-state index contributed by atoms with van der Waals surface area (Å²) in [4.78, 5) is 11.1. The zero-order valence-electron chi connectivity index (χ0n) is 6.46. The van der Waals surface area contributed by atoms with Gasteiger partial charge >= 0.3 is 0 Å². The van der Waals surface area contributed by atoms with E-state index in [4.69, 9.17) is 4.42 Å². The van der Waals surface area contributed by atoms with Crippen molar-refractivity contribution in [1.82, 2.24) is 0 Å². The first-order chi connectivity index (χ1) is 5.20. The summed E-state index contributed by atoms with van der Waals surface area (Å²) in [5, 5.41) is 0. The lowest BCUT2D eigenvalue weighted by molar-refractivity contribution is -0.114. The van der Waals surface area contributed by atoms with E-state index in [2.05, 4.69) is 6.58 Å². The van der Waals surface area contributed by atoms with Crippen molar-refractivity contribution in [2.45, 2.75) is 13.3 Å². The summed E-state index contributed by atoms with van der Waals surface area (Å²) in [7, 11) is 0. The molecule has 1 heterocycles. The second-order valence-electron chi connectivity index (χ2n) is 2.51. The average molecular weight is 150 g/mol. The van der Waals surface area contributed by atoms with Crippen LogP contribution in [0, 0.1) is 0 Å². The molecule has 0 saturated carbocycles. The smallest absolute Gasteiger partial charge is 0.162 e. The minimum Gasteiger partial charge on any atom is -0.472 e. The van der Waals surface area contributed by atoms with Gasteiger partial charge in [0, 0.05) is 6.42 Å². The maximum Gasteiger partial charge on any atom is 0.162 e. The molecule has 1 aromatic heterocycles. The zero-order valence-corrected chi connectivity index (χ0v) is 6.46. The molecule has 0 N–H and O–H groups in total. The lowest BCUT2D eigenvalue weighted by Gasteiger charge is -1.94. The Morgan fingerprint density at radius 1 is 1.73 bits per heavy atom. The molecular weight excluding hydrogens is 140 g/mol. The predicted octanol–water partition coefficient (Wildman–Crippen LogP) is 1.97. The highest BCUT2D eigenvalue weighted by Crippen LogP contribution is 2.04. The van der Waals surface area contributed by atoms with E-state index < -0.39 is 0 Å². The zero-order chi connectivity index (χ0) is 8.27. The molecule has 0 aliphatic heterocycles. The molecule has 58 valence electrons. The molecule has 1 aromatic rings. The van der Waals surface area contributed by atoms with Crippen LogP contribution >= 0.6 is 0 Å². The van der Waals surface area contributed by atoms with Gasteiger partial charge in [0.15, 0.2) is 5.78 Å². The third-order valence-electron chi connectivity index (χ3n) is 1.42. The average Bonchev–Trinajstić information content (AvgIpc) is 2.39. The molecule has 0 amide bonds.